The van der Waals surface area contributed by atoms with Gasteiger partial charge in [-0.3, -0.25) is 0 Å². The van der Waals surface area contributed by atoms with E-state index in [0.29, 0.717) is 18.1 Å². The number of aliphatic hydroxyl groups excluding tert-OH is 1. The summed E-state index contributed by atoms with van der Waals surface area (Å²) in [5.41, 5.74) is 0.768. The molecule has 1 N–H and O–H groups in total. The van der Waals surface area contributed by atoms with Crippen molar-refractivity contribution in [1.29, 1.82) is 0 Å². The van der Waals surface area contributed by atoms with Crippen LogP contribution in [0.3, 0.4) is 0 Å². The minimum Gasteiger partial charge on any atom is -0.396 e. The molecule has 0 atom stereocenters. The van der Waals surface area contributed by atoms with E-state index in [1.165, 1.54) is 24.3 Å². The molecule has 0 amide bonds. The van der Waals surface area contributed by atoms with Crippen LogP contribution in [-0.2, 0) is 6.42 Å². The average Bonchev–Trinajstić information content (AvgIpc) is 2.33. The van der Waals surface area contributed by atoms with Crippen LogP contribution in [0.15, 0.2) is 36.4 Å². The van der Waals surface area contributed by atoms with Gasteiger partial charge in [0.15, 0.2) is 0 Å². The summed E-state index contributed by atoms with van der Waals surface area (Å²) >= 11 is 0. The minimum absolute atomic E-state index is 0.00805. The number of halogens is 3. The highest BCUT2D eigenvalue weighted by molar-refractivity contribution is 5.65. The summed E-state index contributed by atoms with van der Waals surface area (Å²) in [6, 6.07) is 7.19. The van der Waals surface area contributed by atoms with Crippen LogP contribution in [0.4, 0.5) is 13.2 Å². The smallest absolute Gasteiger partial charge is 0.134 e. The van der Waals surface area contributed by atoms with E-state index in [2.05, 4.69) is 0 Å². The molecule has 0 fully saturated rings. The fourth-order valence-corrected chi connectivity index (χ4v) is 1.77. The molecule has 0 unspecified atom stereocenters. The van der Waals surface area contributed by atoms with Crippen molar-refractivity contribution in [3.63, 3.8) is 0 Å². The zero-order valence-corrected chi connectivity index (χ0v) is 9.46. The van der Waals surface area contributed by atoms with Crippen molar-refractivity contribution in [1.82, 2.24) is 0 Å². The molecule has 94 valence electrons. The van der Waals surface area contributed by atoms with Gasteiger partial charge in [-0.15, -0.1) is 0 Å². The van der Waals surface area contributed by atoms with Gasteiger partial charge >= 0.3 is 0 Å². The fourth-order valence-electron chi connectivity index (χ4n) is 1.77. The Labute approximate surface area is 103 Å². The number of rotatable bonds is 3. The molecule has 2 aromatic rings. The van der Waals surface area contributed by atoms with Crippen LogP contribution in [0.25, 0.3) is 11.1 Å². The van der Waals surface area contributed by atoms with E-state index in [1.807, 2.05) is 0 Å². The molecule has 2 aromatic carbocycles. The molecule has 0 saturated heterocycles. The molecule has 2 rings (SSSR count). The van der Waals surface area contributed by atoms with Gasteiger partial charge in [0.25, 0.3) is 0 Å². The Balaban J connectivity index is 2.51. The Morgan fingerprint density at radius 3 is 2.28 bits per heavy atom. The quantitative estimate of drug-likeness (QED) is 0.888. The third-order valence-electron chi connectivity index (χ3n) is 2.65. The first kappa shape index (κ1) is 12.6. The highest BCUT2D eigenvalue weighted by Crippen LogP contribution is 2.27. The molecule has 0 bridgehead atoms. The van der Waals surface area contributed by atoms with Gasteiger partial charge in [0.2, 0.25) is 0 Å². The number of benzene rings is 2. The van der Waals surface area contributed by atoms with Crippen molar-refractivity contribution < 1.29 is 18.3 Å². The molecule has 4 heteroatoms. The summed E-state index contributed by atoms with van der Waals surface area (Å²) in [4.78, 5) is 0. The summed E-state index contributed by atoms with van der Waals surface area (Å²) < 4.78 is 40.0. The zero-order valence-electron chi connectivity index (χ0n) is 9.46. The first-order valence-electron chi connectivity index (χ1n) is 5.46. The van der Waals surface area contributed by atoms with E-state index in [-0.39, 0.29) is 17.7 Å². The second kappa shape index (κ2) is 5.23. The van der Waals surface area contributed by atoms with Gasteiger partial charge in [-0.05, 0) is 36.2 Å². The molecule has 0 aliphatic rings. The SMILES string of the molecule is OCCc1ccc(F)c(-c2ccc(F)cc2F)c1. The lowest BCUT2D eigenvalue weighted by atomic mass is 10.0. The molecule has 0 heterocycles. The standard InChI is InChI=1S/C14H11F3O/c15-10-2-3-11(14(17)8-10)12-7-9(5-6-18)1-4-13(12)16/h1-4,7-8,18H,5-6H2. The number of hydrogen-bond donors (Lipinski definition) is 1. The molecular weight excluding hydrogens is 241 g/mol. The van der Waals surface area contributed by atoms with Gasteiger partial charge in [-0.2, -0.15) is 0 Å². The van der Waals surface area contributed by atoms with Crippen molar-refractivity contribution in [2.45, 2.75) is 6.42 Å². The lowest BCUT2D eigenvalue weighted by Gasteiger charge is -2.07. The maximum atomic E-state index is 13.7. The van der Waals surface area contributed by atoms with Gasteiger partial charge in [-0.1, -0.05) is 6.07 Å². The predicted molar refractivity (Wildman–Crippen MR) is 62.5 cm³/mol. The van der Waals surface area contributed by atoms with Gasteiger partial charge in [-0.25, -0.2) is 13.2 Å². The molecule has 1 nitrogen and oxygen atoms in total. The van der Waals surface area contributed by atoms with Crippen LogP contribution in [0.5, 0.6) is 0 Å². The van der Waals surface area contributed by atoms with Crippen molar-refractivity contribution in [2.24, 2.45) is 0 Å². The molecule has 0 spiro atoms. The maximum Gasteiger partial charge on any atom is 0.134 e. The third-order valence-corrected chi connectivity index (χ3v) is 2.65. The Morgan fingerprint density at radius 2 is 1.61 bits per heavy atom. The Bertz CT molecular complexity index is 567. The highest BCUT2D eigenvalue weighted by atomic mass is 19.1. The largest absolute Gasteiger partial charge is 0.396 e. The van der Waals surface area contributed by atoms with E-state index >= 15 is 0 Å². The molecular formula is C14H11F3O. The Kier molecular flexibility index (Phi) is 3.67. The lowest BCUT2D eigenvalue weighted by Crippen LogP contribution is -1.95. The van der Waals surface area contributed by atoms with Crippen LogP contribution in [0.2, 0.25) is 0 Å². The molecule has 0 saturated carbocycles. The van der Waals surface area contributed by atoms with Gasteiger partial charge in [0.05, 0.1) is 0 Å². The second-order valence-electron chi connectivity index (χ2n) is 3.91. The van der Waals surface area contributed by atoms with Crippen LogP contribution < -0.4 is 0 Å². The van der Waals surface area contributed by atoms with Crippen molar-refractivity contribution in [3.05, 3.63) is 59.4 Å². The minimum atomic E-state index is -0.810. The topological polar surface area (TPSA) is 20.2 Å². The van der Waals surface area contributed by atoms with Crippen LogP contribution in [0.1, 0.15) is 5.56 Å². The van der Waals surface area contributed by atoms with E-state index in [0.717, 1.165) is 6.07 Å². The predicted octanol–water partition coefficient (Wildman–Crippen LogP) is 3.31. The summed E-state index contributed by atoms with van der Waals surface area (Å²) in [5, 5.41) is 8.82. The monoisotopic (exact) mass is 252 g/mol. The zero-order chi connectivity index (χ0) is 13.1. The normalized spacial score (nSPS) is 10.7. The molecule has 18 heavy (non-hydrogen) atoms. The van der Waals surface area contributed by atoms with E-state index in [4.69, 9.17) is 5.11 Å². The molecule has 0 aromatic heterocycles. The van der Waals surface area contributed by atoms with Gasteiger partial charge < -0.3 is 5.11 Å². The summed E-state index contributed by atoms with van der Waals surface area (Å²) in [7, 11) is 0. The maximum absolute atomic E-state index is 13.7. The van der Waals surface area contributed by atoms with Crippen molar-refractivity contribution in [3.8, 4) is 11.1 Å². The molecule has 0 aliphatic carbocycles. The van der Waals surface area contributed by atoms with Crippen LogP contribution in [-0.4, -0.2) is 11.7 Å². The highest BCUT2D eigenvalue weighted by Gasteiger charge is 2.11. The van der Waals surface area contributed by atoms with Crippen molar-refractivity contribution in [2.75, 3.05) is 6.61 Å². The Hall–Kier alpha value is -1.81. The van der Waals surface area contributed by atoms with E-state index in [9.17, 15) is 13.2 Å². The first-order valence-corrected chi connectivity index (χ1v) is 5.46. The van der Waals surface area contributed by atoms with Crippen molar-refractivity contribution >= 4 is 0 Å². The number of aliphatic hydroxyl groups is 1. The van der Waals surface area contributed by atoms with E-state index in [1.54, 1.807) is 0 Å². The lowest BCUT2D eigenvalue weighted by molar-refractivity contribution is 0.299. The number of hydrogen-bond acceptors (Lipinski definition) is 1. The average molecular weight is 252 g/mol. The van der Waals surface area contributed by atoms with Gasteiger partial charge in [0.1, 0.15) is 17.5 Å². The Morgan fingerprint density at radius 1 is 0.833 bits per heavy atom. The summed E-state index contributed by atoms with van der Waals surface area (Å²) in [6.07, 6.45) is 0.357. The molecule has 0 radical (unpaired) electrons. The summed E-state index contributed by atoms with van der Waals surface area (Å²) in [6.45, 7) is -0.0724. The van der Waals surface area contributed by atoms with E-state index < -0.39 is 17.5 Å². The van der Waals surface area contributed by atoms with Crippen LogP contribution in [0, 0.1) is 17.5 Å². The summed E-state index contributed by atoms with van der Waals surface area (Å²) in [5.74, 6) is -2.10. The second-order valence-corrected chi connectivity index (χ2v) is 3.91. The van der Waals surface area contributed by atoms with Gasteiger partial charge in [0, 0.05) is 23.8 Å². The van der Waals surface area contributed by atoms with Crippen LogP contribution >= 0.6 is 0 Å². The first-order chi connectivity index (χ1) is 8.61. The fraction of sp³-hybridized carbons (Fsp3) is 0.143. The third kappa shape index (κ3) is 2.54. The molecule has 0 aliphatic heterocycles.